The molecule has 3 nitrogen and oxygen atoms in total. The van der Waals surface area contributed by atoms with Gasteiger partial charge in [0.25, 0.3) is 0 Å². The van der Waals surface area contributed by atoms with Crippen molar-refractivity contribution in [3.63, 3.8) is 0 Å². The summed E-state index contributed by atoms with van der Waals surface area (Å²) in [6.07, 6.45) is 2.67. The van der Waals surface area contributed by atoms with Crippen molar-refractivity contribution in [2.24, 2.45) is 0 Å². The van der Waals surface area contributed by atoms with Crippen molar-refractivity contribution in [3.05, 3.63) is 33.0 Å². The van der Waals surface area contributed by atoms with Gasteiger partial charge in [-0.25, -0.2) is 4.98 Å². The maximum atomic E-state index is 4.70. The van der Waals surface area contributed by atoms with E-state index in [1.165, 1.54) is 29.0 Å². The highest BCUT2D eigenvalue weighted by Gasteiger charge is 2.21. The standard InChI is InChI=1S/C14H19N3S2/c1-10-13(7-15-12-3-4-12)19-14(16-10)17(2)8-11-5-6-18-9-11/h5-6,9,12,15H,3-4,7-8H2,1-2H3. The van der Waals surface area contributed by atoms with E-state index in [1.807, 2.05) is 11.3 Å². The zero-order valence-electron chi connectivity index (χ0n) is 11.3. The molecule has 1 fully saturated rings. The molecule has 1 aliphatic carbocycles. The number of thiazole rings is 1. The zero-order valence-corrected chi connectivity index (χ0v) is 13.0. The van der Waals surface area contributed by atoms with Gasteiger partial charge >= 0.3 is 0 Å². The molecule has 1 saturated carbocycles. The van der Waals surface area contributed by atoms with Gasteiger partial charge in [-0.1, -0.05) is 0 Å². The molecule has 102 valence electrons. The molecule has 1 aliphatic rings. The van der Waals surface area contributed by atoms with E-state index in [-0.39, 0.29) is 0 Å². The number of aromatic nitrogens is 1. The number of anilines is 1. The Morgan fingerprint density at radius 1 is 1.47 bits per heavy atom. The topological polar surface area (TPSA) is 28.2 Å². The van der Waals surface area contributed by atoms with Gasteiger partial charge in [-0.3, -0.25) is 0 Å². The summed E-state index contributed by atoms with van der Waals surface area (Å²) in [4.78, 5) is 8.31. The van der Waals surface area contributed by atoms with Crippen LogP contribution in [-0.4, -0.2) is 18.1 Å². The fourth-order valence-corrected chi connectivity index (χ4v) is 3.62. The van der Waals surface area contributed by atoms with Gasteiger partial charge in [-0.2, -0.15) is 11.3 Å². The van der Waals surface area contributed by atoms with E-state index in [0.717, 1.165) is 24.3 Å². The fraction of sp³-hybridized carbons (Fsp3) is 0.500. The van der Waals surface area contributed by atoms with Crippen LogP contribution in [0.25, 0.3) is 0 Å². The van der Waals surface area contributed by atoms with E-state index in [2.05, 4.69) is 41.0 Å². The molecule has 0 unspecified atom stereocenters. The first-order valence-electron chi connectivity index (χ1n) is 6.64. The van der Waals surface area contributed by atoms with E-state index in [1.54, 1.807) is 11.3 Å². The maximum Gasteiger partial charge on any atom is 0.185 e. The third-order valence-electron chi connectivity index (χ3n) is 3.34. The van der Waals surface area contributed by atoms with Crippen LogP contribution >= 0.6 is 22.7 Å². The van der Waals surface area contributed by atoms with Gasteiger partial charge in [-0.15, -0.1) is 11.3 Å². The summed E-state index contributed by atoms with van der Waals surface area (Å²) >= 11 is 3.56. The van der Waals surface area contributed by atoms with Crippen LogP contribution in [-0.2, 0) is 13.1 Å². The SMILES string of the molecule is Cc1nc(N(C)Cc2ccsc2)sc1CNC1CC1. The van der Waals surface area contributed by atoms with Crippen LogP contribution < -0.4 is 10.2 Å². The van der Waals surface area contributed by atoms with Crippen molar-refractivity contribution >= 4 is 27.8 Å². The number of rotatable bonds is 6. The van der Waals surface area contributed by atoms with Crippen LogP contribution in [0.5, 0.6) is 0 Å². The van der Waals surface area contributed by atoms with E-state index >= 15 is 0 Å². The molecule has 0 aromatic carbocycles. The third kappa shape index (κ3) is 3.35. The molecule has 3 rings (SSSR count). The van der Waals surface area contributed by atoms with E-state index < -0.39 is 0 Å². The van der Waals surface area contributed by atoms with Crippen LogP contribution in [0.3, 0.4) is 0 Å². The summed E-state index contributed by atoms with van der Waals surface area (Å²) in [5.74, 6) is 0. The second-order valence-corrected chi connectivity index (χ2v) is 6.99. The Labute approximate surface area is 122 Å². The molecule has 1 N–H and O–H groups in total. The molecule has 2 aromatic heterocycles. The number of nitrogens with zero attached hydrogens (tertiary/aromatic N) is 2. The van der Waals surface area contributed by atoms with Crippen molar-refractivity contribution in [1.29, 1.82) is 0 Å². The summed E-state index contributed by atoms with van der Waals surface area (Å²) in [7, 11) is 2.12. The number of hydrogen-bond acceptors (Lipinski definition) is 5. The predicted molar refractivity (Wildman–Crippen MR) is 83.1 cm³/mol. The highest BCUT2D eigenvalue weighted by Crippen LogP contribution is 2.28. The molecular weight excluding hydrogens is 274 g/mol. The molecule has 0 saturated heterocycles. The van der Waals surface area contributed by atoms with Gasteiger partial charge in [0, 0.05) is 31.1 Å². The largest absolute Gasteiger partial charge is 0.347 e. The van der Waals surface area contributed by atoms with Gasteiger partial charge < -0.3 is 10.2 Å². The number of aryl methyl sites for hydroxylation is 1. The first-order chi connectivity index (χ1) is 9.22. The van der Waals surface area contributed by atoms with Gasteiger partial charge in [0.15, 0.2) is 5.13 Å². The summed E-state index contributed by atoms with van der Waals surface area (Å²) in [5, 5.41) is 9.01. The van der Waals surface area contributed by atoms with E-state index in [0.29, 0.717) is 0 Å². The number of thiophene rings is 1. The van der Waals surface area contributed by atoms with Crippen molar-refractivity contribution in [1.82, 2.24) is 10.3 Å². The fourth-order valence-electron chi connectivity index (χ4n) is 1.99. The third-order valence-corrected chi connectivity index (χ3v) is 5.34. The molecular formula is C14H19N3S2. The lowest BCUT2D eigenvalue weighted by Crippen LogP contribution is -2.15. The molecule has 2 heterocycles. The molecule has 19 heavy (non-hydrogen) atoms. The Hall–Kier alpha value is -0.910. The van der Waals surface area contributed by atoms with Gasteiger partial charge in [0.2, 0.25) is 0 Å². The van der Waals surface area contributed by atoms with Crippen LogP contribution in [0.1, 0.15) is 29.0 Å². The highest BCUT2D eigenvalue weighted by molar-refractivity contribution is 7.15. The van der Waals surface area contributed by atoms with Crippen molar-refractivity contribution in [3.8, 4) is 0 Å². The molecule has 0 atom stereocenters. The van der Waals surface area contributed by atoms with E-state index in [9.17, 15) is 0 Å². The van der Waals surface area contributed by atoms with Crippen molar-refractivity contribution in [2.45, 2.75) is 38.9 Å². The molecule has 0 amide bonds. The zero-order chi connectivity index (χ0) is 13.2. The normalized spacial score (nSPS) is 14.8. The lowest BCUT2D eigenvalue weighted by atomic mass is 10.3. The number of hydrogen-bond donors (Lipinski definition) is 1. The van der Waals surface area contributed by atoms with Crippen LogP contribution in [0.4, 0.5) is 5.13 Å². The minimum Gasteiger partial charge on any atom is -0.347 e. The van der Waals surface area contributed by atoms with Gasteiger partial charge in [-0.05, 0) is 42.2 Å². The molecule has 0 aliphatic heterocycles. The minimum absolute atomic E-state index is 0.758. The molecule has 0 radical (unpaired) electrons. The average Bonchev–Trinajstić information content (AvgIpc) is 2.93. The first kappa shape index (κ1) is 13.1. The van der Waals surface area contributed by atoms with Gasteiger partial charge in [0.05, 0.1) is 5.69 Å². The smallest absolute Gasteiger partial charge is 0.185 e. The second-order valence-electron chi connectivity index (χ2n) is 5.15. The summed E-state index contributed by atoms with van der Waals surface area (Å²) < 4.78 is 0. The maximum absolute atomic E-state index is 4.70. The van der Waals surface area contributed by atoms with Crippen LogP contribution in [0.2, 0.25) is 0 Å². The molecule has 0 spiro atoms. The summed E-state index contributed by atoms with van der Waals surface area (Å²) in [6, 6.07) is 2.94. The van der Waals surface area contributed by atoms with Crippen molar-refractivity contribution in [2.75, 3.05) is 11.9 Å². The number of nitrogens with one attached hydrogen (secondary N) is 1. The van der Waals surface area contributed by atoms with Crippen LogP contribution in [0, 0.1) is 6.92 Å². The molecule has 5 heteroatoms. The monoisotopic (exact) mass is 293 g/mol. The Morgan fingerprint density at radius 2 is 2.32 bits per heavy atom. The molecule has 0 bridgehead atoms. The quantitative estimate of drug-likeness (QED) is 0.885. The Morgan fingerprint density at radius 3 is 3.00 bits per heavy atom. The lowest BCUT2D eigenvalue weighted by Gasteiger charge is -2.14. The lowest BCUT2D eigenvalue weighted by molar-refractivity contribution is 0.691. The van der Waals surface area contributed by atoms with Crippen LogP contribution in [0.15, 0.2) is 16.8 Å². The Kier molecular flexibility index (Phi) is 3.86. The summed E-state index contributed by atoms with van der Waals surface area (Å²) in [6.45, 7) is 4.02. The minimum atomic E-state index is 0.758. The second kappa shape index (κ2) is 5.61. The molecule has 2 aromatic rings. The Balaban J connectivity index is 1.64. The van der Waals surface area contributed by atoms with E-state index in [4.69, 9.17) is 4.98 Å². The Bertz CT molecular complexity index is 529. The van der Waals surface area contributed by atoms with Crippen molar-refractivity contribution < 1.29 is 0 Å². The highest BCUT2D eigenvalue weighted by atomic mass is 32.1. The summed E-state index contributed by atoms with van der Waals surface area (Å²) in [5.41, 5.74) is 2.53. The predicted octanol–water partition coefficient (Wildman–Crippen LogP) is 3.40. The first-order valence-corrected chi connectivity index (χ1v) is 8.40. The van der Waals surface area contributed by atoms with Gasteiger partial charge in [0.1, 0.15) is 0 Å². The average molecular weight is 293 g/mol.